The molecule has 0 aliphatic heterocycles. The minimum Gasteiger partial charge on any atom is -0.329 e. The Bertz CT molecular complexity index is 1390. The number of hydrogen-bond acceptors (Lipinski definition) is 3. The van der Waals surface area contributed by atoms with E-state index in [-0.39, 0.29) is 24.3 Å². The first kappa shape index (κ1) is 25.5. The number of hydrogen-bond donors (Lipinski definition) is 1. The van der Waals surface area contributed by atoms with E-state index >= 15 is 0 Å². The van der Waals surface area contributed by atoms with Crippen molar-refractivity contribution < 1.29 is 9.59 Å². The molecule has 194 valence electrons. The Morgan fingerprint density at radius 2 is 1.53 bits per heavy atom. The molecule has 0 unspecified atom stereocenters. The Hall–Kier alpha value is -4.19. The standard InChI is InChI=1S/C32H34N4O2/c1-23-12-16-26(17-13-23)29-21-36(28-18-14-24(2)15-19-28)32(33-29)34-30(37)22-35(20-25-8-4-3-5-9-25)31(38)27-10-6-7-11-27/h3-5,8-9,12-19,21,27H,6-7,10-11,20,22H2,1-2H3,(H,33,34,37). The molecule has 38 heavy (non-hydrogen) atoms. The molecular weight excluding hydrogens is 472 g/mol. The van der Waals surface area contributed by atoms with E-state index in [0.717, 1.165) is 53.8 Å². The van der Waals surface area contributed by atoms with Crippen LogP contribution in [0.3, 0.4) is 0 Å². The van der Waals surface area contributed by atoms with Gasteiger partial charge in [0, 0.05) is 29.9 Å². The molecule has 6 nitrogen and oxygen atoms in total. The van der Waals surface area contributed by atoms with Crippen molar-refractivity contribution in [3.05, 3.63) is 102 Å². The van der Waals surface area contributed by atoms with Crippen LogP contribution in [-0.2, 0) is 16.1 Å². The molecule has 0 spiro atoms. The molecule has 1 N–H and O–H groups in total. The third-order valence-corrected chi connectivity index (χ3v) is 7.18. The van der Waals surface area contributed by atoms with Crippen LogP contribution in [0.15, 0.2) is 85.1 Å². The highest BCUT2D eigenvalue weighted by molar-refractivity contribution is 5.94. The lowest BCUT2D eigenvalue weighted by molar-refractivity contribution is -0.138. The molecule has 0 saturated heterocycles. The Labute approximate surface area is 224 Å². The van der Waals surface area contributed by atoms with E-state index in [1.165, 1.54) is 5.56 Å². The summed E-state index contributed by atoms with van der Waals surface area (Å²) in [4.78, 5) is 33.3. The Morgan fingerprint density at radius 3 is 2.18 bits per heavy atom. The van der Waals surface area contributed by atoms with E-state index in [1.54, 1.807) is 4.90 Å². The van der Waals surface area contributed by atoms with Crippen LogP contribution in [0.25, 0.3) is 16.9 Å². The molecule has 6 heteroatoms. The number of nitrogens with one attached hydrogen (secondary N) is 1. The number of nitrogens with zero attached hydrogens (tertiary/aromatic N) is 3. The largest absolute Gasteiger partial charge is 0.329 e. The fourth-order valence-corrected chi connectivity index (χ4v) is 5.02. The average Bonchev–Trinajstić information content (AvgIpc) is 3.60. The molecule has 0 bridgehead atoms. The van der Waals surface area contributed by atoms with Gasteiger partial charge in [-0.1, -0.05) is 90.7 Å². The number of amides is 2. The van der Waals surface area contributed by atoms with Crippen LogP contribution in [0, 0.1) is 19.8 Å². The molecule has 4 aromatic rings. The van der Waals surface area contributed by atoms with E-state index in [4.69, 9.17) is 4.98 Å². The maximum Gasteiger partial charge on any atom is 0.246 e. The highest BCUT2D eigenvalue weighted by atomic mass is 16.2. The average molecular weight is 507 g/mol. The first-order chi connectivity index (χ1) is 18.5. The van der Waals surface area contributed by atoms with Gasteiger partial charge in [0.2, 0.25) is 17.8 Å². The summed E-state index contributed by atoms with van der Waals surface area (Å²) in [5, 5.41) is 3.01. The Balaban J connectivity index is 1.41. The van der Waals surface area contributed by atoms with E-state index < -0.39 is 0 Å². The number of imidazole rings is 1. The van der Waals surface area contributed by atoms with Gasteiger partial charge < -0.3 is 4.90 Å². The number of benzene rings is 3. The molecule has 0 atom stereocenters. The van der Waals surface area contributed by atoms with Gasteiger partial charge in [-0.15, -0.1) is 0 Å². The van der Waals surface area contributed by atoms with Crippen molar-refractivity contribution in [2.75, 3.05) is 11.9 Å². The van der Waals surface area contributed by atoms with Crippen molar-refractivity contribution in [1.29, 1.82) is 0 Å². The lowest BCUT2D eigenvalue weighted by Gasteiger charge is -2.25. The van der Waals surface area contributed by atoms with Crippen LogP contribution >= 0.6 is 0 Å². The maximum atomic E-state index is 13.4. The molecule has 1 heterocycles. The number of aryl methyl sites for hydroxylation is 2. The van der Waals surface area contributed by atoms with Crippen molar-refractivity contribution in [2.45, 2.75) is 46.1 Å². The van der Waals surface area contributed by atoms with Crippen LogP contribution in [0.2, 0.25) is 0 Å². The quantitative estimate of drug-likeness (QED) is 0.304. The monoisotopic (exact) mass is 506 g/mol. The van der Waals surface area contributed by atoms with Gasteiger partial charge in [0.1, 0.15) is 6.54 Å². The minimum absolute atomic E-state index is 0.00537. The number of carbonyl (C=O) groups excluding carboxylic acids is 2. The zero-order chi connectivity index (χ0) is 26.5. The van der Waals surface area contributed by atoms with Gasteiger partial charge >= 0.3 is 0 Å². The van der Waals surface area contributed by atoms with Gasteiger partial charge in [-0.05, 0) is 44.4 Å². The Morgan fingerprint density at radius 1 is 0.895 bits per heavy atom. The summed E-state index contributed by atoms with van der Waals surface area (Å²) in [6.45, 7) is 4.48. The summed E-state index contributed by atoms with van der Waals surface area (Å²) in [5.41, 5.74) is 5.98. The van der Waals surface area contributed by atoms with E-state index in [9.17, 15) is 9.59 Å². The zero-order valence-corrected chi connectivity index (χ0v) is 22.1. The number of aromatic nitrogens is 2. The lowest BCUT2D eigenvalue weighted by Crippen LogP contribution is -2.40. The normalized spacial score (nSPS) is 13.4. The molecule has 5 rings (SSSR count). The third-order valence-electron chi connectivity index (χ3n) is 7.18. The molecule has 3 aromatic carbocycles. The molecule has 0 radical (unpaired) electrons. The number of rotatable bonds is 8. The summed E-state index contributed by atoms with van der Waals surface area (Å²) in [6, 6.07) is 26.1. The zero-order valence-electron chi connectivity index (χ0n) is 22.1. The molecule has 1 aromatic heterocycles. The number of anilines is 1. The van der Waals surface area contributed by atoms with Gasteiger partial charge in [0.25, 0.3) is 0 Å². The molecule has 2 amide bonds. The summed E-state index contributed by atoms with van der Waals surface area (Å²) < 4.78 is 1.90. The predicted octanol–water partition coefficient (Wildman–Crippen LogP) is 6.31. The summed E-state index contributed by atoms with van der Waals surface area (Å²) in [5.74, 6) is 0.224. The minimum atomic E-state index is -0.262. The molecule has 1 aliphatic carbocycles. The van der Waals surface area contributed by atoms with Crippen molar-refractivity contribution in [3.8, 4) is 16.9 Å². The van der Waals surface area contributed by atoms with Crippen molar-refractivity contribution >= 4 is 17.8 Å². The van der Waals surface area contributed by atoms with Gasteiger partial charge in [-0.3, -0.25) is 19.5 Å². The van der Waals surface area contributed by atoms with Crippen LogP contribution < -0.4 is 5.32 Å². The molecule has 1 saturated carbocycles. The van der Waals surface area contributed by atoms with Crippen molar-refractivity contribution in [3.63, 3.8) is 0 Å². The summed E-state index contributed by atoms with van der Waals surface area (Å²) in [6.07, 6.45) is 5.86. The van der Waals surface area contributed by atoms with Gasteiger partial charge in [-0.2, -0.15) is 0 Å². The SMILES string of the molecule is Cc1ccc(-c2cn(-c3ccc(C)cc3)c(NC(=O)CN(Cc3ccccc3)C(=O)C3CCCC3)n2)cc1. The van der Waals surface area contributed by atoms with Crippen LogP contribution in [0.5, 0.6) is 0 Å². The van der Waals surface area contributed by atoms with E-state index in [0.29, 0.717) is 12.5 Å². The van der Waals surface area contributed by atoms with Crippen LogP contribution in [0.4, 0.5) is 5.95 Å². The molecular formula is C32H34N4O2. The molecule has 1 fully saturated rings. The first-order valence-electron chi connectivity index (χ1n) is 13.3. The first-order valence-corrected chi connectivity index (χ1v) is 13.3. The van der Waals surface area contributed by atoms with Crippen LogP contribution in [0.1, 0.15) is 42.4 Å². The highest BCUT2D eigenvalue weighted by Gasteiger charge is 2.29. The third kappa shape index (κ3) is 6.02. The fourth-order valence-electron chi connectivity index (χ4n) is 5.02. The lowest BCUT2D eigenvalue weighted by atomic mass is 10.1. The van der Waals surface area contributed by atoms with Crippen LogP contribution in [-0.4, -0.2) is 32.8 Å². The second kappa shape index (κ2) is 11.5. The van der Waals surface area contributed by atoms with Crippen molar-refractivity contribution in [1.82, 2.24) is 14.5 Å². The second-order valence-corrected chi connectivity index (χ2v) is 10.2. The summed E-state index contributed by atoms with van der Waals surface area (Å²) >= 11 is 0. The highest BCUT2D eigenvalue weighted by Crippen LogP contribution is 2.28. The predicted molar refractivity (Wildman–Crippen MR) is 151 cm³/mol. The maximum absolute atomic E-state index is 13.4. The Kier molecular flexibility index (Phi) is 7.68. The number of carbonyl (C=O) groups is 2. The van der Waals surface area contributed by atoms with Gasteiger partial charge in [0.15, 0.2) is 0 Å². The van der Waals surface area contributed by atoms with Crippen molar-refractivity contribution in [2.24, 2.45) is 5.92 Å². The fraction of sp³-hybridized carbons (Fsp3) is 0.281. The topological polar surface area (TPSA) is 67.2 Å². The van der Waals surface area contributed by atoms with E-state index in [2.05, 4.69) is 24.4 Å². The van der Waals surface area contributed by atoms with Gasteiger partial charge in [-0.25, -0.2) is 4.98 Å². The smallest absolute Gasteiger partial charge is 0.246 e. The molecule has 1 aliphatic rings. The van der Waals surface area contributed by atoms with Gasteiger partial charge in [0.05, 0.1) is 5.69 Å². The van der Waals surface area contributed by atoms with E-state index in [1.807, 2.05) is 84.4 Å². The summed E-state index contributed by atoms with van der Waals surface area (Å²) in [7, 11) is 0. The second-order valence-electron chi connectivity index (χ2n) is 10.2.